The molecule has 2 aromatic heterocycles. The number of nitrogens with zero attached hydrogens (tertiary/aromatic N) is 5. The quantitative estimate of drug-likeness (QED) is 0.192. The number of carbonyl (C=O) groups excluding carboxylic acids is 1. The molecule has 1 N–H and O–H groups in total. The van der Waals surface area contributed by atoms with Gasteiger partial charge in [0, 0.05) is 25.2 Å². The summed E-state index contributed by atoms with van der Waals surface area (Å²) in [5.74, 6) is -2.13. The van der Waals surface area contributed by atoms with E-state index >= 15 is 0 Å². The highest BCUT2D eigenvalue weighted by molar-refractivity contribution is 5.95. The predicted octanol–water partition coefficient (Wildman–Crippen LogP) is 10.3. The summed E-state index contributed by atoms with van der Waals surface area (Å²) in [7, 11) is 0.661. The second-order valence-corrected chi connectivity index (χ2v) is 11.5. The summed E-state index contributed by atoms with van der Waals surface area (Å²) in [4.78, 5) is 42.3. The number of benzene rings is 2. The van der Waals surface area contributed by atoms with E-state index in [4.69, 9.17) is 0 Å². The Hall–Kier alpha value is -5.99. The average Bonchev–Trinajstić information content (AvgIpc) is 3.09. The monoisotopic (exact) mass is 896 g/mol. The molecule has 0 aliphatic rings. The zero-order valence-corrected chi connectivity index (χ0v) is 29.7. The topological polar surface area (TPSA) is 111 Å². The van der Waals surface area contributed by atoms with E-state index in [1.165, 1.54) is 13.8 Å². The third-order valence-corrected chi connectivity index (χ3v) is 7.54. The van der Waals surface area contributed by atoms with Crippen LogP contribution in [0.15, 0.2) is 58.1 Å². The van der Waals surface area contributed by atoms with Gasteiger partial charge in [-0.05, 0) is 50.2 Å². The van der Waals surface area contributed by atoms with Crippen LogP contribution in [0.25, 0.3) is 0 Å². The molecular weight excluding hydrogens is 874 g/mol. The first-order valence-electron chi connectivity index (χ1n) is 15.8. The van der Waals surface area contributed by atoms with E-state index in [9.17, 15) is 93.4 Å². The van der Waals surface area contributed by atoms with Crippen molar-refractivity contribution in [1.29, 1.82) is 0 Å². The zero-order chi connectivity index (χ0) is 46.1. The molecule has 0 saturated carbocycles. The lowest BCUT2D eigenvalue weighted by molar-refractivity contribution is -0.144. The molecule has 0 aliphatic carbocycles. The minimum Gasteiger partial charge on any atom is -0.452 e. The molecule has 0 fully saturated rings. The number of aromatic nitrogens is 4. The lowest BCUT2D eigenvalue weighted by Gasteiger charge is -2.27. The van der Waals surface area contributed by atoms with Crippen molar-refractivity contribution in [3.63, 3.8) is 0 Å². The van der Waals surface area contributed by atoms with Crippen LogP contribution in [-0.4, -0.2) is 32.3 Å². The number of halogens is 18. The smallest absolute Gasteiger partial charge is 0.433 e. The van der Waals surface area contributed by atoms with Gasteiger partial charge in [-0.2, -0.15) is 79.0 Å². The highest BCUT2D eigenvalue weighted by atomic mass is 19.4. The van der Waals surface area contributed by atoms with Gasteiger partial charge in [0.05, 0.1) is 40.7 Å². The average molecular weight is 897 g/mol. The van der Waals surface area contributed by atoms with Gasteiger partial charge in [0.25, 0.3) is 11.1 Å². The van der Waals surface area contributed by atoms with Crippen LogP contribution in [0.3, 0.4) is 0 Å². The molecule has 0 radical (unpaired) electrons. The maximum absolute atomic E-state index is 13.6. The van der Waals surface area contributed by atoms with Crippen LogP contribution < -0.4 is 21.3 Å². The molecule has 4 rings (SSSR count). The normalized spacial score (nSPS) is 12.8. The maximum atomic E-state index is 13.6. The third-order valence-electron chi connectivity index (χ3n) is 7.54. The molecule has 28 heteroatoms. The number of anilines is 4. The van der Waals surface area contributed by atoms with Gasteiger partial charge in [0.15, 0.2) is 11.4 Å². The van der Waals surface area contributed by atoms with Gasteiger partial charge in [0.2, 0.25) is 11.9 Å². The Morgan fingerprint density at radius 2 is 1.03 bits per heavy atom. The molecule has 1 amide bonds. The van der Waals surface area contributed by atoms with E-state index in [0.29, 0.717) is 28.4 Å². The molecule has 2 aromatic carbocycles. The first-order valence-corrected chi connectivity index (χ1v) is 15.8. The molecular formula is C32H22F18N6O4. The molecule has 0 atom stereocenters. The Labute approximate surface area is 321 Å². The van der Waals surface area contributed by atoms with Crippen LogP contribution in [0.5, 0.6) is 0 Å². The number of alkyl halides is 18. The zero-order valence-electron chi connectivity index (χ0n) is 29.7. The Morgan fingerprint density at radius 1 is 0.600 bits per heavy atom. The molecule has 0 aliphatic heterocycles. The van der Waals surface area contributed by atoms with Crippen LogP contribution in [-0.2, 0) is 54.9 Å². The fraction of sp³-hybridized carbons (Fsp3) is 0.344. The lowest BCUT2D eigenvalue weighted by Crippen LogP contribution is -2.36. The fourth-order valence-electron chi connectivity index (χ4n) is 4.86. The SMILES string of the molecule is CCn1c(N(C(=O)OC)c2ccc(C(F)(F)F)cc2C(F)(F)F)nc(C(F)(F)F)cc1=O.CCn1c(Nc2ccc(C(F)(F)F)cc2C(F)(F)F)nc(C(F)(F)F)cc1=O. The molecule has 0 unspecified atom stereocenters. The standard InChI is InChI=1S/C17H12F9N3O3.C15H10F9N3O/c1-3-28-12(30)7-11(17(24,25)26)27-13(28)29(14(31)32-2)10-5-4-8(15(18,19)20)6-9(10)16(21,22)23;1-2-27-11(28)6-10(15(22,23)24)26-12(27)25-9-4-3-7(13(16,17)18)5-8(9)14(19,20)21/h4-7H,3H2,1-2H3;3-6H,2H2,1H3,(H,25,26). The third kappa shape index (κ3) is 11.2. The van der Waals surface area contributed by atoms with E-state index in [0.717, 1.165) is 0 Å². The van der Waals surface area contributed by atoms with Gasteiger partial charge in [-0.25, -0.2) is 19.7 Å². The maximum Gasteiger partial charge on any atom is 0.433 e. The lowest BCUT2D eigenvalue weighted by atomic mass is 10.1. The summed E-state index contributed by atoms with van der Waals surface area (Å²) in [6.07, 6.45) is -33.0. The fourth-order valence-corrected chi connectivity index (χ4v) is 4.86. The second kappa shape index (κ2) is 16.9. The Morgan fingerprint density at radius 3 is 1.45 bits per heavy atom. The molecule has 4 aromatic rings. The van der Waals surface area contributed by atoms with Crippen molar-refractivity contribution in [2.24, 2.45) is 0 Å². The minimum atomic E-state index is -5.48. The van der Waals surface area contributed by atoms with E-state index in [-0.39, 0.29) is 47.8 Å². The number of ether oxygens (including phenoxy) is 1. The highest BCUT2D eigenvalue weighted by Crippen LogP contribution is 2.44. The van der Waals surface area contributed by atoms with Gasteiger partial charge in [-0.15, -0.1) is 0 Å². The first kappa shape index (κ1) is 48.4. The summed E-state index contributed by atoms with van der Waals surface area (Å²) in [5, 5.41) is 1.90. The highest BCUT2D eigenvalue weighted by Gasteiger charge is 2.43. The van der Waals surface area contributed by atoms with Crippen LogP contribution >= 0.6 is 0 Å². The summed E-state index contributed by atoms with van der Waals surface area (Å²) >= 11 is 0. The van der Waals surface area contributed by atoms with Crippen LogP contribution in [0.2, 0.25) is 0 Å². The molecule has 10 nitrogen and oxygen atoms in total. The summed E-state index contributed by atoms with van der Waals surface area (Å²) in [6, 6.07) is 0.818. The molecule has 0 saturated heterocycles. The number of hydrogen-bond acceptors (Lipinski definition) is 7. The molecule has 2 heterocycles. The first-order chi connectivity index (χ1) is 27.2. The van der Waals surface area contributed by atoms with Gasteiger partial charge < -0.3 is 10.1 Å². The number of carbonyl (C=O) groups is 1. The van der Waals surface area contributed by atoms with Crippen LogP contribution in [0.1, 0.15) is 47.5 Å². The Kier molecular flexibility index (Phi) is 13.7. The van der Waals surface area contributed by atoms with E-state index < -0.39 is 118 Å². The largest absolute Gasteiger partial charge is 0.452 e. The summed E-state index contributed by atoms with van der Waals surface area (Å²) < 4.78 is 240. The van der Waals surface area contributed by atoms with E-state index in [1.54, 1.807) is 0 Å². The number of methoxy groups -OCH3 is 1. The van der Waals surface area contributed by atoms with Crippen molar-refractivity contribution in [2.75, 3.05) is 17.3 Å². The van der Waals surface area contributed by atoms with Crippen LogP contribution in [0.4, 0.5) is 107 Å². The van der Waals surface area contributed by atoms with Crippen molar-refractivity contribution in [3.8, 4) is 0 Å². The number of rotatable bonds is 6. The van der Waals surface area contributed by atoms with Gasteiger partial charge in [0.1, 0.15) is 0 Å². The van der Waals surface area contributed by atoms with Crippen molar-refractivity contribution in [2.45, 2.75) is 64.0 Å². The second-order valence-electron chi connectivity index (χ2n) is 11.5. The van der Waals surface area contributed by atoms with E-state index in [2.05, 4.69) is 14.7 Å². The summed E-state index contributed by atoms with van der Waals surface area (Å²) in [6.45, 7) is 1.83. The molecule has 330 valence electrons. The molecule has 60 heavy (non-hydrogen) atoms. The Bertz CT molecular complexity index is 2320. The summed E-state index contributed by atoms with van der Waals surface area (Å²) in [5.41, 5.74) is -15.5. The van der Waals surface area contributed by atoms with Crippen molar-refractivity contribution in [3.05, 3.63) is 103 Å². The van der Waals surface area contributed by atoms with Crippen molar-refractivity contribution < 1.29 is 88.6 Å². The van der Waals surface area contributed by atoms with Gasteiger partial charge in [-0.1, -0.05) is 0 Å². The minimum absolute atomic E-state index is 0.0554. The number of amides is 1. The number of hydrogen-bond donors (Lipinski definition) is 1. The van der Waals surface area contributed by atoms with Gasteiger partial charge in [-0.3, -0.25) is 18.7 Å². The van der Waals surface area contributed by atoms with Crippen molar-refractivity contribution >= 4 is 29.4 Å². The molecule has 0 spiro atoms. The number of nitrogens with one attached hydrogen (secondary N) is 1. The molecule has 0 bridgehead atoms. The van der Waals surface area contributed by atoms with Gasteiger partial charge >= 0.3 is 43.2 Å². The van der Waals surface area contributed by atoms with Crippen LogP contribution in [0, 0.1) is 0 Å². The van der Waals surface area contributed by atoms with Crippen molar-refractivity contribution in [1.82, 2.24) is 19.1 Å². The Balaban J connectivity index is 0.000000323. The van der Waals surface area contributed by atoms with E-state index in [1.807, 2.05) is 5.32 Å². The predicted molar refractivity (Wildman–Crippen MR) is 169 cm³/mol.